The molecule has 0 radical (unpaired) electrons. The van der Waals surface area contributed by atoms with Gasteiger partial charge in [-0.25, -0.2) is 4.79 Å². The molecule has 0 aliphatic carbocycles. The first kappa shape index (κ1) is 14.3. The van der Waals surface area contributed by atoms with Crippen LogP contribution in [-0.4, -0.2) is 34.8 Å². The molecule has 0 spiro atoms. The lowest BCUT2D eigenvalue weighted by atomic mass is 10.1. The van der Waals surface area contributed by atoms with Crippen molar-refractivity contribution < 1.29 is 14.6 Å². The van der Waals surface area contributed by atoms with E-state index in [4.69, 9.17) is 15.1 Å². The van der Waals surface area contributed by atoms with Crippen LogP contribution >= 0.6 is 0 Å². The molecular formula is C14H17N3O3. The number of carboxylic acids is 1. The van der Waals surface area contributed by atoms with E-state index in [0.29, 0.717) is 30.6 Å². The Morgan fingerprint density at radius 1 is 1.60 bits per heavy atom. The second kappa shape index (κ2) is 5.88. The number of carboxylic acid groups (broad SMARTS) is 1. The van der Waals surface area contributed by atoms with Gasteiger partial charge in [0.25, 0.3) is 0 Å². The maximum absolute atomic E-state index is 10.8. The minimum Gasteiger partial charge on any atom is -0.479 e. The molecule has 2 heterocycles. The average Bonchev–Trinajstić information content (AvgIpc) is 2.84. The molecular weight excluding hydrogens is 258 g/mol. The third-order valence-electron chi connectivity index (χ3n) is 3.34. The summed E-state index contributed by atoms with van der Waals surface area (Å²) in [5.41, 5.74) is 2.76. The highest BCUT2D eigenvalue weighted by molar-refractivity contribution is 5.72. The Balaban J connectivity index is 2.02. The lowest BCUT2D eigenvalue weighted by Gasteiger charge is -2.15. The summed E-state index contributed by atoms with van der Waals surface area (Å²) >= 11 is 0. The Morgan fingerprint density at radius 3 is 2.95 bits per heavy atom. The average molecular weight is 275 g/mol. The second-order valence-corrected chi connectivity index (χ2v) is 4.93. The van der Waals surface area contributed by atoms with E-state index in [9.17, 15) is 4.79 Å². The summed E-state index contributed by atoms with van der Waals surface area (Å²) in [5.74, 6) is -0.916. The zero-order valence-corrected chi connectivity index (χ0v) is 11.5. The number of ether oxygens (including phenoxy) is 1. The Labute approximate surface area is 117 Å². The van der Waals surface area contributed by atoms with Crippen molar-refractivity contribution in [3.05, 3.63) is 23.0 Å². The van der Waals surface area contributed by atoms with Crippen LogP contribution in [0.1, 0.15) is 29.8 Å². The van der Waals surface area contributed by atoms with Gasteiger partial charge in [0.15, 0.2) is 6.10 Å². The van der Waals surface area contributed by atoms with Gasteiger partial charge in [0, 0.05) is 12.2 Å². The van der Waals surface area contributed by atoms with Crippen LogP contribution in [0.4, 0.5) is 5.69 Å². The summed E-state index contributed by atoms with van der Waals surface area (Å²) in [6, 6.07) is 3.95. The summed E-state index contributed by atoms with van der Waals surface area (Å²) in [6.45, 7) is 4.15. The van der Waals surface area contributed by atoms with Crippen LogP contribution < -0.4 is 5.32 Å². The number of hydrogen-bond acceptors (Lipinski definition) is 5. The summed E-state index contributed by atoms with van der Waals surface area (Å²) in [6.07, 6.45) is 0.380. The number of nitrogens with one attached hydrogen (secondary N) is 1. The van der Waals surface area contributed by atoms with Gasteiger partial charge in [0.05, 0.1) is 23.0 Å². The van der Waals surface area contributed by atoms with Crippen molar-refractivity contribution >= 4 is 11.7 Å². The highest BCUT2D eigenvalue weighted by atomic mass is 16.5. The lowest BCUT2D eigenvalue weighted by Crippen LogP contribution is -2.24. The summed E-state index contributed by atoms with van der Waals surface area (Å²) in [4.78, 5) is 15.1. The van der Waals surface area contributed by atoms with Crippen molar-refractivity contribution in [2.75, 3.05) is 11.9 Å². The maximum atomic E-state index is 10.8. The van der Waals surface area contributed by atoms with Crippen LogP contribution in [0.2, 0.25) is 0 Å². The Kier molecular flexibility index (Phi) is 4.20. The number of nitrogens with zero attached hydrogens (tertiary/aromatic N) is 2. The first-order chi connectivity index (χ1) is 9.51. The largest absolute Gasteiger partial charge is 0.479 e. The number of carbonyl (C=O) groups is 1. The van der Waals surface area contributed by atoms with E-state index in [1.165, 1.54) is 0 Å². The van der Waals surface area contributed by atoms with Gasteiger partial charge in [-0.15, -0.1) is 0 Å². The molecule has 0 aromatic carbocycles. The Morgan fingerprint density at radius 2 is 2.35 bits per heavy atom. The van der Waals surface area contributed by atoms with E-state index >= 15 is 0 Å². The SMILES string of the molecule is Cc1cc(NCC2CCC(C(=O)O)O2)c(C#N)c(C)n1. The van der Waals surface area contributed by atoms with E-state index < -0.39 is 12.1 Å². The molecule has 1 aliphatic heterocycles. The zero-order valence-electron chi connectivity index (χ0n) is 11.5. The molecule has 0 amide bonds. The smallest absolute Gasteiger partial charge is 0.332 e. The van der Waals surface area contributed by atoms with E-state index in [-0.39, 0.29) is 6.10 Å². The number of aromatic nitrogens is 1. The molecule has 1 fully saturated rings. The van der Waals surface area contributed by atoms with E-state index in [2.05, 4.69) is 16.4 Å². The zero-order chi connectivity index (χ0) is 14.7. The number of pyridine rings is 1. The summed E-state index contributed by atoms with van der Waals surface area (Å²) < 4.78 is 5.42. The van der Waals surface area contributed by atoms with Crippen molar-refractivity contribution in [3.63, 3.8) is 0 Å². The quantitative estimate of drug-likeness (QED) is 0.866. The molecule has 106 valence electrons. The first-order valence-electron chi connectivity index (χ1n) is 6.51. The molecule has 6 heteroatoms. The van der Waals surface area contributed by atoms with Crippen LogP contribution in [0.25, 0.3) is 0 Å². The molecule has 1 aromatic heterocycles. The number of hydrogen-bond donors (Lipinski definition) is 2. The minimum atomic E-state index is -0.916. The van der Waals surface area contributed by atoms with Gasteiger partial charge in [0.1, 0.15) is 6.07 Å². The fourth-order valence-electron chi connectivity index (χ4n) is 2.37. The molecule has 2 rings (SSSR count). The fourth-order valence-corrected chi connectivity index (χ4v) is 2.37. The predicted octanol–water partition coefficient (Wildman–Crippen LogP) is 1.61. The van der Waals surface area contributed by atoms with Crippen molar-refractivity contribution in [3.8, 4) is 6.07 Å². The van der Waals surface area contributed by atoms with E-state index in [1.807, 2.05) is 13.0 Å². The van der Waals surface area contributed by atoms with Gasteiger partial charge >= 0.3 is 5.97 Å². The third kappa shape index (κ3) is 3.06. The normalized spacial score (nSPS) is 21.4. The van der Waals surface area contributed by atoms with Gasteiger partial charge in [-0.2, -0.15) is 5.26 Å². The summed E-state index contributed by atoms with van der Waals surface area (Å²) in [5, 5.41) is 21.2. The van der Waals surface area contributed by atoms with Crippen LogP contribution in [0.3, 0.4) is 0 Å². The Bertz CT molecular complexity index is 566. The van der Waals surface area contributed by atoms with Crippen LogP contribution in [0.15, 0.2) is 6.07 Å². The van der Waals surface area contributed by atoms with Gasteiger partial charge in [0.2, 0.25) is 0 Å². The highest BCUT2D eigenvalue weighted by Crippen LogP contribution is 2.22. The molecule has 1 saturated heterocycles. The molecule has 6 nitrogen and oxygen atoms in total. The topological polar surface area (TPSA) is 95.2 Å². The fraction of sp³-hybridized carbons (Fsp3) is 0.500. The molecule has 20 heavy (non-hydrogen) atoms. The highest BCUT2D eigenvalue weighted by Gasteiger charge is 2.30. The maximum Gasteiger partial charge on any atom is 0.332 e. The van der Waals surface area contributed by atoms with Gasteiger partial charge in [-0.05, 0) is 32.8 Å². The number of aliphatic carboxylic acids is 1. The molecule has 1 aliphatic rings. The van der Waals surface area contributed by atoms with Gasteiger partial charge in [-0.3, -0.25) is 4.98 Å². The molecule has 2 unspecified atom stereocenters. The molecule has 2 atom stereocenters. The van der Waals surface area contributed by atoms with Crippen molar-refractivity contribution in [1.82, 2.24) is 4.98 Å². The van der Waals surface area contributed by atoms with Gasteiger partial charge < -0.3 is 15.2 Å². The number of anilines is 1. The van der Waals surface area contributed by atoms with E-state index in [0.717, 1.165) is 11.4 Å². The standard InChI is InChI=1S/C14H17N3O3/c1-8-5-12(11(6-15)9(2)17-8)16-7-10-3-4-13(20-10)14(18)19/h5,10,13H,3-4,7H2,1-2H3,(H,16,17)(H,18,19). The molecule has 1 aromatic rings. The number of rotatable bonds is 4. The number of aryl methyl sites for hydroxylation is 2. The predicted molar refractivity (Wildman–Crippen MR) is 72.4 cm³/mol. The number of nitriles is 1. The van der Waals surface area contributed by atoms with Crippen molar-refractivity contribution in [1.29, 1.82) is 5.26 Å². The Hall–Kier alpha value is -2.13. The minimum absolute atomic E-state index is 0.142. The molecule has 0 saturated carbocycles. The second-order valence-electron chi connectivity index (χ2n) is 4.93. The van der Waals surface area contributed by atoms with Crippen molar-refractivity contribution in [2.24, 2.45) is 0 Å². The van der Waals surface area contributed by atoms with E-state index in [1.54, 1.807) is 6.92 Å². The van der Waals surface area contributed by atoms with Crippen LogP contribution in [-0.2, 0) is 9.53 Å². The molecule has 2 N–H and O–H groups in total. The molecule has 0 bridgehead atoms. The summed E-state index contributed by atoms with van der Waals surface area (Å²) in [7, 11) is 0. The first-order valence-corrected chi connectivity index (χ1v) is 6.51. The third-order valence-corrected chi connectivity index (χ3v) is 3.34. The lowest BCUT2D eigenvalue weighted by molar-refractivity contribution is -0.149. The van der Waals surface area contributed by atoms with Gasteiger partial charge in [-0.1, -0.05) is 0 Å². The van der Waals surface area contributed by atoms with Crippen LogP contribution in [0.5, 0.6) is 0 Å². The van der Waals surface area contributed by atoms with Crippen molar-refractivity contribution in [2.45, 2.75) is 38.9 Å². The monoisotopic (exact) mass is 275 g/mol. The van der Waals surface area contributed by atoms with Crippen LogP contribution in [0, 0.1) is 25.2 Å².